The van der Waals surface area contributed by atoms with Crippen LogP contribution in [0.1, 0.15) is 29.7 Å². The Kier molecular flexibility index (Phi) is 5.34. The minimum absolute atomic E-state index is 0.0120. The fourth-order valence-corrected chi connectivity index (χ4v) is 2.86. The number of nitrogens with one attached hydrogen (secondary N) is 3. The molecule has 1 saturated heterocycles. The molecule has 0 radical (unpaired) electrons. The molecular formula is C15H19N5O3S. The normalized spacial score (nSPS) is 20.2. The summed E-state index contributed by atoms with van der Waals surface area (Å²) in [7, 11) is 0. The summed E-state index contributed by atoms with van der Waals surface area (Å²) < 4.78 is 5.08. The maximum atomic E-state index is 12.2. The maximum Gasteiger partial charge on any atom is 0.246 e. The Balaban J connectivity index is 1.49. The summed E-state index contributed by atoms with van der Waals surface area (Å²) >= 11 is 1.61. The summed E-state index contributed by atoms with van der Waals surface area (Å²) in [6, 6.07) is 6.59. The zero-order valence-electron chi connectivity index (χ0n) is 13.2. The van der Waals surface area contributed by atoms with Gasteiger partial charge in [-0.2, -0.15) is 16.7 Å². The Hall–Kier alpha value is -2.10. The van der Waals surface area contributed by atoms with Gasteiger partial charge in [-0.25, -0.2) is 10.9 Å². The lowest BCUT2D eigenvalue weighted by Crippen LogP contribution is -2.42. The molecule has 24 heavy (non-hydrogen) atoms. The summed E-state index contributed by atoms with van der Waals surface area (Å²) in [5.41, 5.74) is 7.09. The summed E-state index contributed by atoms with van der Waals surface area (Å²) in [5, 5.41) is 16.0. The molecule has 0 spiro atoms. The van der Waals surface area contributed by atoms with Crippen LogP contribution >= 0.6 is 11.8 Å². The number of phenolic OH excluding ortho intramolecular Hbond substituents is 1. The minimum Gasteiger partial charge on any atom is -0.508 e. The molecule has 1 aromatic heterocycles. The zero-order valence-corrected chi connectivity index (χ0v) is 14.0. The number of amides is 1. The maximum absolute atomic E-state index is 12.2. The van der Waals surface area contributed by atoms with Gasteiger partial charge < -0.3 is 14.9 Å². The van der Waals surface area contributed by atoms with E-state index >= 15 is 0 Å². The molecule has 2 unspecified atom stereocenters. The first kappa shape index (κ1) is 16.7. The number of benzene rings is 1. The highest BCUT2D eigenvalue weighted by Gasteiger charge is 2.30. The standard InChI is InChI=1S/C15H19N5O3S/c1-24-8-13-17-14(23-20-13)7-16-15(22)12-6-11(18-19-12)9-2-4-10(21)5-3-9/h2-5,11-12,18-19,21H,6-8H2,1H3,(H,16,22). The minimum atomic E-state index is -0.350. The summed E-state index contributed by atoms with van der Waals surface area (Å²) in [4.78, 5) is 16.4. The van der Waals surface area contributed by atoms with Gasteiger partial charge in [-0.1, -0.05) is 17.3 Å². The third-order valence-electron chi connectivity index (χ3n) is 3.71. The number of thioether (sulfide) groups is 1. The topological polar surface area (TPSA) is 112 Å². The second-order valence-electron chi connectivity index (χ2n) is 5.48. The molecular weight excluding hydrogens is 330 g/mol. The van der Waals surface area contributed by atoms with Crippen LogP contribution in [0.2, 0.25) is 0 Å². The summed E-state index contributed by atoms with van der Waals surface area (Å²) in [5.74, 6) is 1.79. The molecule has 0 saturated carbocycles. The van der Waals surface area contributed by atoms with Gasteiger partial charge in [0.15, 0.2) is 5.82 Å². The molecule has 0 bridgehead atoms. The Morgan fingerprint density at radius 2 is 2.21 bits per heavy atom. The van der Waals surface area contributed by atoms with E-state index in [1.54, 1.807) is 23.9 Å². The van der Waals surface area contributed by atoms with Gasteiger partial charge in [0.05, 0.1) is 12.3 Å². The van der Waals surface area contributed by atoms with Crippen LogP contribution in [0.25, 0.3) is 0 Å². The number of nitrogens with zero attached hydrogens (tertiary/aromatic N) is 2. The molecule has 9 heteroatoms. The van der Waals surface area contributed by atoms with E-state index < -0.39 is 0 Å². The van der Waals surface area contributed by atoms with Crippen molar-refractivity contribution in [3.8, 4) is 5.75 Å². The Morgan fingerprint density at radius 3 is 2.96 bits per heavy atom. The van der Waals surface area contributed by atoms with E-state index in [1.807, 2.05) is 18.4 Å². The van der Waals surface area contributed by atoms with Crippen molar-refractivity contribution in [2.24, 2.45) is 0 Å². The second-order valence-corrected chi connectivity index (χ2v) is 6.34. The quantitative estimate of drug-likeness (QED) is 0.607. The van der Waals surface area contributed by atoms with Crippen molar-refractivity contribution >= 4 is 17.7 Å². The van der Waals surface area contributed by atoms with Gasteiger partial charge in [0.2, 0.25) is 11.8 Å². The molecule has 128 valence electrons. The molecule has 0 aliphatic carbocycles. The molecule has 1 fully saturated rings. The predicted molar refractivity (Wildman–Crippen MR) is 88.9 cm³/mol. The highest BCUT2D eigenvalue weighted by atomic mass is 32.2. The van der Waals surface area contributed by atoms with Crippen LogP contribution in [0.3, 0.4) is 0 Å². The van der Waals surface area contributed by atoms with Crippen LogP contribution in [0.15, 0.2) is 28.8 Å². The van der Waals surface area contributed by atoms with E-state index in [-0.39, 0.29) is 30.3 Å². The third-order valence-corrected chi connectivity index (χ3v) is 4.26. The number of phenols is 1. The van der Waals surface area contributed by atoms with E-state index in [0.717, 1.165) is 5.56 Å². The highest BCUT2D eigenvalue weighted by Crippen LogP contribution is 2.23. The first-order chi connectivity index (χ1) is 11.7. The first-order valence-electron chi connectivity index (χ1n) is 7.54. The smallest absolute Gasteiger partial charge is 0.246 e. The number of hydrogen-bond acceptors (Lipinski definition) is 8. The number of carbonyl (C=O) groups is 1. The van der Waals surface area contributed by atoms with Crippen LogP contribution in [0, 0.1) is 0 Å². The lowest BCUT2D eigenvalue weighted by Gasteiger charge is -2.09. The number of carbonyl (C=O) groups excluding carboxylic acids is 1. The first-order valence-corrected chi connectivity index (χ1v) is 8.93. The van der Waals surface area contributed by atoms with Crippen LogP contribution in [0.4, 0.5) is 0 Å². The lowest BCUT2D eigenvalue weighted by atomic mass is 10.0. The van der Waals surface area contributed by atoms with E-state index in [2.05, 4.69) is 26.3 Å². The van der Waals surface area contributed by atoms with Gasteiger partial charge in [-0.15, -0.1) is 0 Å². The van der Waals surface area contributed by atoms with Crippen molar-refractivity contribution in [1.29, 1.82) is 0 Å². The van der Waals surface area contributed by atoms with Gasteiger partial charge in [0.25, 0.3) is 0 Å². The van der Waals surface area contributed by atoms with Crippen molar-refractivity contribution in [3.05, 3.63) is 41.5 Å². The fraction of sp³-hybridized carbons (Fsp3) is 0.400. The van der Waals surface area contributed by atoms with E-state index in [4.69, 9.17) is 4.52 Å². The van der Waals surface area contributed by atoms with Crippen molar-refractivity contribution in [2.75, 3.05) is 6.26 Å². The van der Waals surface area contributed by atoms with Crippen molar-refractivity contribution in [2.45, 2.75) is 30.8 Å². The van der Waals surface area contributed by atoms with E-state index in [0.29, 0.717) is 23.9 Å². The Morgan fingerprint density at radius 1 is 1.42 bits per heavy atom. The number of hydrazine groups is 1. The molecule has 1 aliphatic heterocycles. The van der Waals surface area contributed by atoms with E-state index in [1.165, 1.54) is 0 Å². The Bertz CT molecular complexity index is 691. The number of aromatic hydroxyl groups is 1. The largest absolute Gasteiger partial charge is 0.508 e. The molecule has 1 aliphatic rings. The molecule has 1 amide bonds. The van der Waals surface area contributed by atoms with Gasteiger partial charge >= 0.3 is 0 Å². The molecule has 2 aromatic rings. The number of hydrogen-bond donors (Lipinski definition) is 4. The summed E-state index contributed by atoms with van der Waals surface area (Å²) in [6.07, 6.45) is 2.57. The van der Waals surface area contributed by atoms with Gasteiger partial charge in [0.1, 0.15) is 11.8 Å². The summed E-state index contributed by atoms with van der Waals surface area (Å²) in [6.45, 7) is 0.211. The highest BCUT2D eigenvalue weighted by molar-refractivity contribution is 7.97. The van der Waals surface area contributed by atoms with Crippen molar-refractivity contribution in [3.63, 3.8) is 0 Å². The van der Waals surface area contributed by atoms with Crippen molar-refractivity contribution < 1.29 is 14.4 Å². The number of aromatic nitrogens is 2. The monoisotopic (exact) mass is 349 g/mol. The van der Waals surface area contributed by atoms with Crippen LogP contribution < -0.4 is 16.2 Å². The molecule has 2 heterocycles. The van der Waals surface area contributed by atoms with Crippen molar-refractivity contribution in [1.82, 2.24) is 26.3 Å². The average Bonchev–Trinajstić information content (AvgIpc) is 3.23. The molecule has 8 nitrogen and oxygen atoms in total. The van der Waals surface area contributed by atoms with Crippen LogP contribution in [-0.4, -0.2) is 33.5 Å². The molecule has 4 N–H and O–H groups in total. The van der Waals surface area contributed by atoms with Gasteiger partial charge in [0, 0.05) is 6.04 Å². The SMILES string of the molecule is CSCc1noc(CNC(=O)C2CC(c3ccc(O)cc3)NN2)n1. The zero-order chi connectivity index (χ0) is 16.9. The number of rotatable bonds is 6. The van der Waals surface area contributed by atoms with Gasteiger partial charge in [-0.3, -0.25) is 4.79 Å². The average molecular weight is 349 g/mol. The predicted octanol–water partition coefficient (Wildman–Crippen LogP) is 0.862. The molecule has 1 aromatic carbocycles. The molecule has 3 rings (SSSR count). The third kappa shape index (κ3) is 4.05. The Labute approximate surface area is 143 Å². The van der Waals surface area contributed by atoms with Crippen LogP contribution in [0.5, 0.6) is 5.75 Å². The van der Waals surface area contributed by atoms with Gasteiger partial charge in [-0.05, 0) is 30.4 Å². The van der Waals surface area contributed by atoms with E-state index in [9.17, 15) is 9.90 Å². The molecule has 2 atom stereocenters. The lowest BCUT2D eigenvalue weighted by molar-refractivity contribution is -0.123. The fourth-order valence-electron chi connectivity index (χ4n) is 2.49. The van der Waals surface area contributed by atoms with Crippen LogP contribution in [-0.2, 0) is 17.1 Å². The second kappa shape index (κ2) is 7.65.